The average molecular weight is 822 g/mol. The maximum Gasteiger partial charge on any atom is 0.0761 e. The highest BCUT2D eigenvalue weighted by molar-refractivity contribution is 7.83. The van der Waals surface area contributed by atoms with Crippen LogP contribution in [0.5, 0.6) is 0 Å². The number of hydrogen-bond donors (Lipinski definition) is 0. The molecule has 0 saturated heterocycles. The Morgan fingerprint density at radius 2 is 0.966 bits per heavy atom. The quantitative estimate of drug-likeness (QED) is 0.161. The molecular formula is C56H73NP2. The Morgan fingerprint density at radius 3 is 1.44 bits per heavy atom. The van der Waals surface area contributed by atoms with Gasteiger partial charge in [0.1, 0.15) is 0 Å². The van der Waals surface area contributed by atoms with E-state index in [0.717, 1.165) is 17.5 Å². The van der Waals surface area contributed by atoms with Gasteiger partial charge in [0.2, 0.25) is 0 Å². The number of benzene rings is 4. The van der Waals surface area contributed by atoms with Crippen molar-refractivity contribution in [2.24, 2.45) is 0 Å². The van der Waals surface area contributed by atoms with Crippen LogP contribution in [0.1, 0.15) is 174 Å². The molecule has 0 spiro atoms. The number of rotatable bonds is 5. The van der Waals surface area contributed by atoms with Crippen LogP contribution < -0.4 is 10.6 Å². The SMILES string of the molecule is CC(C)(C)c1cc(C(C)(C)C)c(P=C(c2ccccc2)c2cccc(C(c3ccccc3)=[P@]3(C)CC(C)(C)c4cc(C(C)(C)C)cc(C(C)(C)C)c43)n2)c(C(C)(C)C)c1. The first-order valence-electron chi connectivity index (χ1n) is 21.8. The van der Waals surface area contributed by atoms with Crippen LogP contribution in [0, 0.1) is 0 Å². The van der Waals surface area contributed by atoms with E-state index in [0.29, 0.717) is 0 Å². The first kappa shape index (κ1) is 45.0. The molecule has 0 N–H and O–H groups in total. The lowest BCUT2D eigenvalue weighted by Crippen LogP contribution is -2.30. The first-order chi connectivity index (χ1) is 27.0. The predicted molar refractivity (Wildman–Crippen MR) is 267 cm³/mol. The maximum absolute atomic E-state index is 5.87. The Labute approximate surface area is 361 Å². The van der Waals surface area contributed by atoms with Gasteiger partial charge in [0.05, 0.1) is 11.4 Å². The zero-order valence-corrected chi connectivity index (χ0v) is 41.7. The van der Waals surface area contributed by atoms with Gasteiger partial charge in [-0.25, -0.2) is 4.98 Å². The van der Waals surface area contributed by atoms with Crippen molar-refractivity contribution < 1.29 is 0 Å². The number of hydrogen-bond acceptors (Lipinski definition) is 1. The van der Waals surface area contributed by atoms with Crippen LogP contribution >= 0.6 is 15.1 Å². The molecule has 4 aromatic carbocycles. The fourth-order valence-corrected chi connectivity index (χ4v) is 16.4. The van der Waals surface area contributed by atoms with Crippen molar-refractivity contribution in [1.82, 2.24) is 4.98 Å². The molecule has 0 bridgehead atoms. The topological polar surface area (TPSA) is 12.9 Å². The molecular weight excluding hydrogens is 749 g/mol. The number of nitrogens with zero attached hydrogens (tertiary/aromatic N) is 1. The van der Waals surface area contributed by atoms with Gasteiger partial charge in [0, 0.05) is 15.9 Å². The van der Waals surface area contributed by atoms with Crippen LogP contribution in [-0.2, 0) is 32.5 Å². The normalized spacial score (nSPS) is 17.6. The summed E-state index contributed by atoms with van der Waals surface area (Å²) in [5, 5.41) is 5.68. The third-order valence-corrected chi connectivity index (χ3v) is 18.1. The molecule has 1 aliphatic heterocycles. The van der Waals surface area contributed by atoms with Crippen molar-refractivity contribution in [3.05, 3.63) is 159 Å². The van der Waals surface area contributed by atoms with Crippen molar-refractivity contribution >= 4 is 36.3 Å². The summed E-state index contributed by atoms with van der Waals surface area (Å²) in [5.41, 5.74) is 13.4. The van der Waals surface area contributed by atoms with Crippen LogP contribution in [0.2, 0.25) is 0 Å². The molecule has 0 radical (unpaired) electrons. The lowest BCUT2D eigenvalue weighted by Gasteiger charge is -2.33. The Kier molecular flexibility index (Phi) is 11.8. The molecule has 0 unspecified atom stereocenters. The standard InChI is InChI=1S/C56H73NP2/c1-51(2,3)39-32-41(53(7,8)9)48(42(33-39)54(10,11)12)58-47(37-26-21-19-22-27-37)45-30-25-31-46(57-45)49(38-28-23-20-24-29-38)59(18)36-56(16,17)44-35-40(52(4,5)6)34-43(50(44)59)55(13,14)15/h19-35H,36H2,1-18H3/t59-/m0/s1. The second-order valence-corrected chi connectivity index (χ2v) is 28.0. The van der Waals surface area contributed by atoms with Crippen LogP contribution in [0.25, 0.3) is 0 Å². The molecule has 1 atom stereocenters. The molecule has 0 fully saturated rings. The summed E-state index contributed by atoms with van der Waals surface area (Å²) in [4.78, 5) is 5.87. The molecule has 6 rings (SSSR count). The predicted octanol–water partition coefficient (Wildman–Crippen LogP) is 14.2. The molecule has 312 valence electrons. The fraction of sp³-hybridized carbons (Fsp3) is 0.446. The van der Waals surface area contributed by atoms with Gasteiger partial charge >= 0.3 is 0 Å². The first-order valence-corrected chi connectivity index (χ1v) is 25.1. The third kappa shape index (κ3) is 9.10. The van der Waals surface area contributed by atoms with Gasteiger partial charge in [0.15, 0.2) is 0 Å². The van der Waals surface area contributed by atoms with Crippen molar-refractivity contribution in [3.8, 4) is 0 Å². The zero-order chi connectivity index (χ0) is 43.7. The van der Waals surface area contributed by atoms with Gasteiger partial charge in [-0.3, -0.25) is 0 Å². The summed E-state index contributed by atoms with van der Waals surface area (Å²) in [6.07, 6.45) is 1.11. The highest BCUT2D eigenvalue weighted by atomic mass is 31.2. The summed E-state index contributed by atoms with van der Waals surface area (Å²) in [7, 11) is 1.18. The molecule has 1 aliphatic rings. The van der Waals surface area contributed by atoms with Gasteiger partial charge in [-0.2, -0.15) is 0 Å². The third-order valence-electron chi connectivity index (χ3n) is 12.4. The van der Waals surface area contributed by atoms with Gasteiger partial charge in [-0.1, -0.05) is 224 Å². The van der Waals surface area contributed by atoms with Crippen molar-refractivity contribution in [2.45, 2.75) is 150 Å². The molecule has 59 heavy (non-hydrogen) atoms. The fourth-order valence-electron chi connectivity index (χ4n) is 9.12. The molecule has 5 aromatic rings. The highest BCUT2D eigenvalue weighted by Gasteiger charge is 2.45. The second kappa shape index (κ2) is 15.4. The van der Waals surface area contributed by atoms with E-state index in [-0.39, 0.29) is 32.5 Å². The number of aromatic nitrogens is 1. The van der Waals surface area contributed by atoms with Crippen LogP contribution in [0.3, 0.4) is 0 Å². The lowest BCUT2D eigenvalue weighted by atomic mass is 9.75. The Morgan fingerprint density at radius 1 is 0.525 bits per heavy atom. The summed E-state index contributed by atoms with van der Waals surface area (Å²) in [5.74, 6) is 0. The molecule has 1 aromatic heterocycles. The largest absolute Gasteiger partial charge is 0.247 e. The van der Waals surface area contributed by atoms with Gasteiger partial charge in [-0.15, -0.1) is 0 Å². The van der Waals surface area contributed by atoms with Crippen LogP contribution in [0.15, 0.2) is 103 Å². The van der Waals surface area contributed by atoms with Crippen molar-refractivity contribution in [3.63, 3.8) is 0 Å². The van der Waals surface area contributed by atoms with E-state index in [4.69, 9.17) is 4.98 Å². The van der Waals surface area contributed by atoms with E-state index in [1.165, 1.54) is 68.6 Å². The van der Waals surface area contributed by atoms with Gasteiger partial charge in [-0.05, 0) is 107 Å². The summed E-state index contributed by atoms with van der Waals surface area (Å²) in [6.45, 7) is 41.2. The minimum Gasteiger partial charge on any atom is -0.247 e. The Hall–Kier alpha value is -3.50. The number of pyridine rings is 1. The molecule has 1 nitrogen and oxygen atoms in total. The van der Waals surface area contributed by atoms with E-state index in [1.807, 2.05) is 0 Å². The minimum atomic E-state index is -2.02. The van der Waals surface area contributed by atoms with Gasteiger partial charge < -0.3 is 0 Å². The van der Waals surface area contributed by atoms with Crippen LogP contribution in [0.4, 0.5) is 0 Å². The molecule has 2 heterocycles. The van der Waals surface area contributed by atoms with E-state index in [2.05, 4.69) is 227 Å². The van der Waals surface area contributed by atoms with E-state index in [9.17, 15) is 0 Å². The Balaban J connectivity index is 1.75. The van der Waals surface area contributed by atoms with Gasteiger partial charge in [0.25, 0.3) is 0 Å². The Bertz CT molecular complexity index is 2410. The number of fused-ring (bicyclic) bond motifs is 1. The highest BCUT2D eigenvalue weighted by Crippen LogP contribution is 2.60. The molecule has 0 amide bonds. The second-order valence-electron chi connectivity index (χ2n) is 23.3. The summed E-state index contributed by atoms with van der Waals surface area (Å²) in [6, 6.07) is 39.3. The van der Waals surface area contributed by atoms with E-state index in [1.54, 1.807) is 5.30 Å². The minimum absolute atomic E-state index is 0.0165. The molecule has 3 heteroatoms. The van der Waals surface area contributed by atoms with E-state index >= 15 is 0 Å². The van der Waals surface area contributed by atoms with Crippen LogP contribution in [-0.4, -0.2) is 28.4 Å². The molecule has 0 saturated carbocycles. The summed E-state index contributed by atoms with van der Waals surface area (Å²) < 4.78 is 0. The van der Waals surface area contributed by atoms with Crippen molar-refractivity contribution in [2.75, 3.05) is 12.8 Å². The van der Waals surface area contributed by atoms with Crippen molar-refractivity contribution in [1.29, 1.82) is 0 Å². The lowest BCUT2D eigenvalue weighted by molar-refractivity contribution is 0.554. The zero-order valence-electron chi connectivity index (χ0n) is 39.9. The maximum atomic E-state index is 5.87. The van der Waals surface area contributed by atoms with E-state index < -0.39 is 6.89 Å². The molecule has 0 aliphatic carbocycles. The monoisotopic (exact) mass is 822 g/mol. The summed E-state index contributed by atoms with van der Waals surface area (Å²) >= 11 is 0. The smallest absolute Gasteiger partial charge is 0.0761 e. The average Bonchev–Trinajstić information content (AvgIpc) is 3.33.